The molecule has 0 fully saturated rings. The summed E-state index contributed by atoms with van der Waals surface area (Å²) in [5, 5.41) is 7.08. The van der Waals surface area contributed by atoms with E-state index in [1.165, 1.54) is 82.6 Å². The average molecular weight is 935 g/mol. The Bertz CT molecular complexity index is 4180. The third-order valence-corrected chi connectivity index (χ3v) is 15.6. The molecule has 15 rings (SSSR count). The van der Waals surface area contributed by atoms with Crippen molar-refractivity contribution in [3.8, 4) is 67.5 Å². The van der Waals surface area contributed by atoms with Gasteiger partial charge < -0.3 is 19.3 Å². The SMILES string of the molecule is CC1(C)c2ccccc2-c2ccc(-c3c4cc(N5c6ccccc6Oc6ccccc65)ccc4c(-c4ccc(-c5ccccc5)c5ccccc45)c4cc(N5c6ccccc6Oc6ccccc65)ccc34)cc21. The van der Waals surface area contributed by atoms with Crippen LogP contribution in [0.25, 0.3) is 76.8 Å². The van der Waals surface area contributed by atoms with Crippen LogP contribution in [0.3, 0.4) is 0 Å². The molecule has 0 unspecified atom stereocenters. The van der Waals surface area contributed by atoms with Crippen molar-refractivity contribution >= 4 is 66.4 Å². The van der Waals surface area contributed by atoms with Crippen LogP contribution in [-0.4, -0.2) is 0 Å². The lowest BCUT2D eigenvalue weighted by molar-refractivity contribution is 0.477. The predicted molar refractivity (Wildman–Crippen MR) is 302 cm³/mol. The first kappa shape index (κ1) is 41.4. The molecule has 73 heavy (non-hydrogen) atoms. The van der Waals surface area contributed by atoms with Crippen molar-refractivity contribution in [2.45, 2.75) is 19.3 Å². The van der Waals surface area contributed by atoms with Crippen molar-refractivity contribution in [2.24, 2.45) is 0 Å². The molecule has 4 heteroatoms. The van der Waals surface area contributed by atoms with E-state index in [0.717, 1.165) is 62.5 Å². The minimum atomic E-state index is -0.191. The van der Waals surface area contributed by atoms with Gasteiger partial charge in [0.05, 0.1) is 22.7 Å². The summed E-state index contributed by atoms with van der Waals surface area (Å²) in [6.45, 7) is 4.75. The smallest absolute Gasteiger partial charge is 0.151 e. The van der Waals surface area contributed by atoms with Crippen LogP contribution in [0.1, 0.15) is 25.0 Å². The van der Waals surface area contributed by atoms with Crippen LogP contribution in [0.5, 0.6) is 23.0 Å². The zero-order valence-electron chi connectivity index (χ0n) is 40.3. The number of nitrogens with zero attached hydrogens (tertiary/aromatic N) is 2. The summed E-state index contributed by atoms with van der Waals surface area (Å²) in [5.74, 6) is 3.29. The van der Waals surface area contributed by atoms with Gasteiger partial charge in [-0.2, -0.15) is 0 Å². The van der Waals surface area contributed by atoms with Crippen LogP contribution >= 0.6 is 0 Å². The van der Waals surface area contributed by atoms with Gasteiger partial charge in [0.25, 0.3) is 0 Å². The molecule has 0 bridgehead atoms. The van der Waals surface area contributed by atoms with Crippen LogP contribution in [0.4, 0.5) is 34.1 Å². The molecule has 2 heterocycles. The maximum Gasteiger partial charge on any atom is 0.151 e. The molecule has 3 aliphatic rings. The molecule has 2 aliphatic heterocycles. The zero-order chi connectivity index (χ0) is 48.4. The second kappa shape index (κ2) is 15.8. The summed E-state index contributed by atoms with van der Waals surface area (Å²) in [6.07, 6.45) is 0. The molecule has 12 aromatic rings. The first-order chi connectivity index (χ1) is 36.0. The largest absolute Gasteiger partial charge is 0.453 e. The number of fused-ring (bicyclic) bond motifs is 10. The average Bonchev–Trinajstić information content (AvgIpc) is 3.67. The van der Waals surface area contributed by atoms with Gasteiger partial charge in [-0.05, 0) is 167 Å². The van der Waals surface area contributed by atoms with Gasteiger partial charge in [0, 0.05) is 16.8 Å². The third kappa shape index (κ3) is 6.20. The molecule has 0 saturated heterocycles. The van der Waals surface area contributed by atoms with E-state index < -0.39 is 0 Å². The fraction of sp³-hybridized carbons (Fsp3) is 0.0435. The summed E-state index contributed by atoms with van der Waals surface area (Å²) in [7, 11) is 0. The summed E-state index contributed by atoms with van der Waals surface area (Å²) >= 11 is 0. The van der Waals surface area contributed by atoms with Crippen LogP contribution in [-0.2, 0) is 5.41 Å². The Labute approximate surface area is 424 Å². The number of ether oxygens (including phenoxy) is 2. The van der Waals surface area contributed by atoms with Crippen molar-refractivity contribution in [3.63, 3.8) is 0 Å². The van der Waals surface area contributed by atoms with Gasteiger partial charge >= 0.3 is 0 Å². The molecule has 0 atom stereocenters. The lowest BCUT2D eigenvalue weighted by atomic mass is 9.80. The molecule has 344 valence electrons. The van der Waals surface area contributed by atoms with Crippen molar-refractivity contribution in [1.29, 1.82) is 0 Å². The normalized spacial score (nSPS) is 13.6. The minimum absolute atomic E-state index is 0.191. The second-order valence-corrected chi connectivity index (χ2v) is 20.0. The lowest BCUT2D eigenvalue weighted by Crippen LogP contribution is -2.16. The first-order valence-corrected chi connectivity index (χ1v) is 25.2. The van der Waals surface area contributed by atoms with E-state index >= 15 is 0 Å². The number of hydrogen-bond donors (Lipinski definition) is 0. The van der Waals surface area contributed by atoms with Gasteiger partial charge in [-0.1, -0.05) is 178 Å². The van der Waals surface area contributed by atoms with Gasteiger partial charge in [-0.3, -0.25) is 0 Å². The van der Waals surface area contributed by atoms with Crippen LogP contribution in [0, 0.1) is 0 Å². The van der Waals surface area contributed by atoms with Crippen molar-refractivity contribution in [1.82, 2.24) is 0 Å². The van der Waals surface area contributed by atoms with E-state index in [-0.39, 0.29) is 5.41 Å². The monoisotopic (exact) mass is 934 g/mol. The highest BCUT2D eigenvalue weighted by Gasteiger charge is 2.36. The van der Waals surface area contributed by atoms with E-state index in [1.807, 2.05) is 24.3 Å². The fourth-order valence-corrected chi connectivity index (χ4v) is 12.3. The predicted octanol–water partition coefficient (Wildman–Crippen LogP) is 19.6. The molecule has 1 aliphatic carbocycles. The van der Waals surface area contributed by atoms with E-state index in [0.29, 0.717) is 0 Å². The Morgan fingerprint density at radius 1 is 0.288 bits per heavy atom. The summed E-state index contributed by atoms with van der Waals surface area (Å²) in [5.41, 5.74) is 18.4. The Kier molecular flexibility index (Phi) is 8.97. The molecule has 0 saturated carbocycles. The Morgan fingerprint density at radius 2 is 0.726 bits per heavy atom. The van der Waals surface area contributed by atoms with Crippen molar-refractivity contribution < 1.29 is 9.47 Å². The molecule has 4 nitrogen and oxygen atoms in total. The highest BCUT2D eigenvalue weighted by molar-refractivity contribution is 6.25. The van der Waals surface area contributed by atoms with E-state index in [1.54, 1.807) is 0 Å². The van der Waals surface area contributed by atoms with Gasteiger partial charge in [0.15, 0.2) is 23.0 Å². The standard InChI is InChI=1S/C69H46N2O2/c1-69(2)57-23-9-8-22-50(57)51-35-32-44(40-58(51)69)67-53-36-33-46(71-61-26-12-16-30-65(61)73-66-31-17-13-27-62(66)71)42-56(53)68(52-39-38-47(43-18-4-3-5-19-43)48-20-6-7-21-49(48)52)54-37-34-45(41-55(54)67)70-59-24-10-14-28-63(59)72-64-29-15-11-25-60(64)70/h3-42H,1-2H3. The molecular formula is C69H46N2O2. The van der Waals surface area contributed by atoms with Gasteiger partial charge in [-0.25, -0.2) is 0 Å². The van der Waals surface area contributed by atoms with Gasteiger partial charge in [-0.15, -0.1) is 0 Å². The number of rotatable bonds is 5. The van der Waals surface area contributed by atoms with Gasteiger partial charge in [0.2, 0.25) is 0 Å². The molecule has 12 aromatic carbocycles. The summed E-state index contributed by atoms with van der Waals surface area (Å²) in [4.78, 5) is 4.73. The van der Waals surface area contributed by atoms with Crippen molar-refractivity contribution in [3.05, 3.63) is 254 Å². The quantitative estimate of drug-likeness (QED) is 0.161. The van der Waals surface area contributed by atoms with E-state index in [9.17, 15) is 0 Å². The van der Waals surface area contributed by atoms with Crippen LogP contribution < -0.4 is 19.3 Å². The Balaban J connectivity index is 1.08. The molecule has 0 aromatic heterocycles. The maximum absolute atomic E-state index is 6.57. The topological polar surface area (TPSA) is 24.9 Å². The number of anilines is 6. The lowest BCUT2D eigenvalue weighted by Gasteiger charge is -2.33. The van der Waals surface area contributed by atoms with Crippen LogP contribution in [0.2, 0.25) is 0 Å². The maximum atomic E-state index is 6.57. The molecule has 0 radical (unpaired) electrons. The molecular weight excluding hydrogens is 889 g/mol. The number of hydrogen-bond acceptors (Lipinski definition) is 4. The molecule has 0 spiro atoms. The highest BCUT2D eigenvalue weighted by atomic mass is 16.5. The molecule has 0 amide bonds. The summed E-state index contributed by atoms with van der Waals surface area (Å²) < 4.78 is 13.1. The molecule has 0 N–H and O–H groups in total. The van der Waals surface area contributed by atoms with E-state index in [2.05, 4.69) is 242 Å². The van der Waals surface area contributed by atoms with Crippen LogP contribution in [0.15, 0.2) is 243 Å². The Morgan fingerprint density at radius 3 is 1.32 bits per heavy atom. The third-order valence-electron chi connectivity index (χ3n) is 15.6. The first-order valence-electron chi connectivity index (χ1n) is 25.2. The fourth-order valence-electron chi connectivity index (χ4n) is 12.3. The Hall–Kier alpha value is -9.38. The highest BCUT2D eigenvalue weighted by Crippen LogP contribution is 2.56. The minimum Gasteiger partial charge on any atom is -0.453 e. The summed E-state index contributed by atoms with van der Waals surface area (Å²) in [6, 6.07) is 88.2. The number of benzene rings is 12. The van der Waals surface area contributed by atoms with Crippen molar-refractivity contribution in [2.75, 3.05) is 9.80 Å². The zero-order valence-corrected chi connectivity index (χ0v) is 40.3. The van der Waals surface area contributed by atoms with E-state index in [4.69, 9.17) is 9.47 Å². The van der Waals surface area contributed by atoms with Gasteiger partial charge in [0.1, 0.15) is 0 Å². The number of para-hydroxylation sites is 8. The second-order valence-electron chi connectivity index (χ2n) is 20.0.